The predicted octanol–water partition coefficient (Wildman–Crippen LogP) is 3.94. The molecule has 0 spiro atoms. The van der Waals surface area contributed by atoms with Crippen molar-refractivity contribution in [3.05, 3.63) is 29.3 Å². The van der Waals surface area contributed by atoms with Gasteiger partial charge in [0.05, 0.1) is 0 Å². The van der Waals surface area contributed by atoms with Crippen LogP contribution >= 0.6 is 0 Å². The Hall–Kier alpha value is -2.37. The quantitative estimate of drug-likeness (QED) is 0.551. The van der Waals surface area contributed by atoms with Crippen molar-refractivity contribution in [2.75, 3.05) is 0 Å². The average Bonchev–Trinajstić information content (AvgIpc) is 2.95. The van der Waals surface area contributed by atoms with E-state index in [9.17, 15) is 14.4 Å². The van der Waals surface area contributed by atoms with Gasteiger partial charge in [-0.25, -0.2) is 0 Å². The number of ether oxygens (including phenoxy) is 3. The Balaban J connectivity index is 1.70. The van der Waals surface area contributed by atoms with Crippen molar-refractivity contribution in [1.29, 1.82) is 0 Å². The van der Waals surface area contributed by atoms with Gasteiger partial charge in [0.15, 0.2) is 0 Å². The van der Waals surface area contributed by atoms with Crippen molar-refractivity contribution in [2.45, 2.75) is 77.9 Å². The van der Waals surface area contributed by atoms with E-state index in [4.69, 9.17) is 14.2 Å². The van der Waals surface area contributed by atoms with E-state index in [1.807, 2.05) is 18.2 Å². The third kappa shape index (κ3) is 3.61. The molecule has 3 aliphatic carbocycles. The Labute approximate surface area is 177 Å². The average molecular weight is 414 g/mol. The number of hydrogen-bond donors (Lipinski definition) is 0. The molecule has 162 valence electrons. The van der Waals surface area contributed by atoms with Gasteiger partial charge >= 0.3 is 17.9 Å². The van der Waals surface area contributed by atoms with Crippen LogP contribution in [0.4, 0.5) is 0 Å². The molecule has 6 nitrogen and oxygen atoms in total. The molecule has 0 amide bonds. The highest BCUT2D eigenvalue weighted by atomic mass is 16.6. The molecule has 0 N–H and O–H groups in total. The smallest absolute Gasteiger partial charge is 0.308 e. The molecule has 1 aromatic rings. The van der Waals surface area contributed by atoms with Crippen LogP contribution < -0.4 is 4.74 Å². The summed E-state index contributed by atoms with van der Waals surface area (Å²) in [4.78, 5) is 35.0. The summed E-state index contributed by atoms with van der Waals surface area (Å²) in [6.07, 6.45) is 4.03. The van der Waals surface area contributed by atoms with E-state index in [0.717, 1.165) is 31.2 Å². The van der Waals surface area contributed by atoms with Crippen LogP contribution in [0.1, 0.15) is 70.4 Å². The highest BCUT2D eigenvalue weighted by Crippen LogP contribution is 2.62. The molecule has 6 heteroatoms. The zero-order valence-corrected chi connectivity index (χ0v) is 18.1. The minimum absolute atomic E-state index is 0.109. The molecule has 4 rings (SSSR count). The van der Waals surface area contributed by atoms with Gasteiger partial charge in [-0.1, -0.05) is 13.0 Å². The van der Waals surface area contributed by atoms with Crippen LogP contribution in [0.2, 0.25) is 0 Å². The van der Waals surface area contributed by atoms with Gasteiger partial charge in [0.1, 0.15) is 18.0 Å². The molecular weight excluding hydrogens is 384 g/mol. The lowest BCUT2D eigenvalue weighted by atomic mass is 9.54. The number of hydrogen-bond acceptors (Lipinski definition) is 6. The van der Waals surface area contributed by atoms with Crippen LogP contribution in [-0.2, 0) is 30.3 Å². The monoisotopic (exact) mass is 414 g/mol. The highest BCUT2D eigenvalue weighted by Gasteiger charge is 2.60. The second kappa shape index (κ2) is 7.71. The van der Waals surface area contributed by atoms with E-state index in [0.29, 0.717) is 24.0 Å². The molecule has 3 aliphatic rings. The number of rotatable bonds is 3. The minimum Gasteiger partial charge on any atom is -0.462 e. The zero-order chi connectivity index (χ0) is 21.6. The lowest BCUT2D eigenvalue weighted by Gasteiger charge is -2.53. The maximum Gasteiger partial charge on any atom is 0.308 e. The summed E-state index contributed by atoms with van der Waals surface area (Å²) in [5.74, 6) is 0.572. The standard InChI is InChI=1S/C24H30O6/c1-13(25)28-17-6-8-18-16(11-17)5-7-19-20-9-10-22(30-15(3)27)24(20,4)12-21(23(18)19)29-14(2)26/h6,8,11,19-23H,5,7,9-10,12H2,1-4H3/t19-,20-,21?,22?,23+,24-/m0/s1. The molecule has 0 radical (unpaired) electrons. The fourth-order valence-corrected chi connectivity index (χ4v) is 6.51. The van der Waals surface area contributed by atoms with Gasteiger partial charge < -0.3 is 14.2 Å². The van der Waals surface area contributed by atoms with Crippen LogP contribution in [0.15, 0.2) is 18.2 Å². The van der Waals surface area contributed by atoms with Crippen molar-refractivity contribution >= 4 is 17.9 Å². The molecule has 0 heterocycles. The van der Waals surface area contributed by atoms with E-state index in [1.165, 1.54) is 26.3 Å². The van der Waals surface area contributed by atoms with Crippen LogP contribution in [0.25, 0.3) is 0 Å². The number of fused-ring (bicyclic) bond motifs is 5. The third-order valence-electron chi connectivity index (χ3n) is 7.45. The third-order valence-corrected chi connectivity index (χ3v) is 7.45. The van der Waals surface area contributed by atoms with Gasteiger partial charge in [0.25, 0.3) is 0 Å². The first-order chi connectivity index (χ1) is 14.2. The fraction of sp³-hybridized carbons (Fsp3) is 0.625. The number of esters is 3. The molecule has 0 aromatic heterocycles. The van der Waals surface area contributed by atoms with Gasteiger partial charge in [-0.05, 0) is 67.2 Å². The van der Waals surface area contributed by atoms with Crippen LogP contribution in [0.3, 0.4) is 0 Å². The van der Waals surface area contributed by atoms with E-state index >= 15 is 0 Å². The first kappa shape index (κ1) is 20.9. The van der Waals surface area contributed by atoms with E-state index in [2.05, 4.69) is 6.92 Å². The Morgan fingerprint density at radius 2 is 1.70 bits per heavy atom. The minimum atomic E-state index is -0.336. The van der Waals surface area contributed by atoms with Crippen molar-refractivity contribution in [2.24, 2.45) is 17.3 Å². The Kier molecular flexibility index (Phi) is 5.37. The zero-order valence-electron chi connectivity index (χ0n) is 18.1. The van der Waals surface area contributed by atoms with Crippen LogP contribution in [0.5, 0.6) is 5.75 Å². The second-order valence-electron chi connectivity index (χ2n) is 9.32. The SMILES string of the molecule is CC(=O)Oc1ccc2c(c1)CC[C@@H]1[C@@H]2C(OC(C)=O)C[C@]2(C)C(OC(C)=O)CC[C@@H]12. The van der Waals surface area contributed by atoms with Crippen molar-refractivity contribution in [3.8, 4) is 5.75 Å². The normalized spacial score (nSPS) is 34.2. The molecule has 0 aliphatic heterocycles. The summed E-state index contributed by atoms with van der Waals surface area (Å²) < 4.78 is 16.9. The topological polar surface area (TPSA) is 78.9 Å². The molecule has 2 saturated carbocycles. The lowest BCUT2D eigenvalue weighted by Crippen LogP contribution is -2.51. The van der Waals surface area contributed by atoms with Crippen LogP contribution in [-0.4, -0.2) is 30.1 Å². The van der Waals surface area contributed by atoms with Gasteiger partial charge in [0, 0.05) is 32.1 Å². The van der Waals surface area contributed by atoms with Crippen molar-refractivity contribution in [1.82, 2.24) is 0 Å². The van der Waals surface area contributed by atoms with E-state index in [-0.39, 0.29) is 41.4 Å². The van der Waals surface area contributed by atoms with E-state index < -0.39 is 0 Å². The summed E-state index contributed by atoms with van der Waals surface area (Å²) in [6.45, 7) is 6.51. The van der Waals surface area contributed by atoms with Gasteiger partial charge in [-0.2, -0.15) is 0 Å². The van der Waals surface area contributed by atoms with Crippen molar-refractivity contribution < 1.29 is 28.6 Å². The maximum absolute atomic E-state index is 12.0. The second-order valence-corrected chi connectivity index (χ2v) is 9.32. The molecule has 0 saturated heterocycles. The van der Waals surface area contributed by atoms with Crippen molar-refractivity contribution in [3.63, 3.8) is 0 Å². The Morgan fingerprint density at radius 1 is 0.967 bits per heavy atom. The van der Waals surface area contributed by atoms with Gasteiger partial charge in [-0.15, -0.1) is 0 Å². The van der Waals surface area contributed by atoms with Gasteiger partial charge in [0.2, 0.25) is 0 Å². The molecule has 6 atom stereocenters. The number of carbonyl (C=O) groups is 3. The summed E-state index contributed by atoms with van der Waals surface area (Å²) in [6, 6.07) is 5.81. The summed E-state index contributed by atoms with van der Waals surface area (Å²) in [7, 11) is 0. The largest absolute Gasteiger partial charge is 0.462 e. The number of aryl methyl sites for hydroxylation is 1. The summed E-state index contributed by atoms with van der Waals surface area (Å²) in [5, 5.41) is 0. The highest BCUT2D eigenvalue weighted by molar-refractivity contribution is 5.69. The molecule has 30 heavy (non-hydrogen) atoms. The molecule has 2 fully saturated rings. The lowest BCUT2D eigenvalue weighted by molar-refractivity contribution is -0.168. The molecular formula is C24H30O6. The molecule has 2 unspecified atom stereocenters. The van der Waals surface area contributed by atoms with Gasteiger partial charge in [-0.3, -0.25) is 14.4 Å². The molecule has 0 bridgehead atoms. The first-order valence-electron chi connectivity index (χ1n) is 10.8. The first-order valence-corrected chi connectivity index (χ1v) is 10.8. The Morgan fingerprint density at radius 3 is 2.37 bits per heavy atom. The predicted molar refractivity (Wildman–Crippen MR) is 109 cm³/mol. The van der Waals surface area contributed by atoms with Crippen LogP contribution in [0, 0.1) is 17.3 Å². The maximum atomic E-state index is 12.0. The van der Waals surface area contributed by atoms with E-state index in [1.54, 1.807) is 0 Å². The number of carbonyl (C=O) groups excluding carboxylic acids is 3. The number of benzene rings is 1. The summed E-state index contributed by atoms with van der Waals surface area (Å²) in [5.41, 5.74) is 2.15. The summed E-state index contributed by atoms with van der Waals surface area (Å²) >= 11 is 0. The fourth-order valence-electron chi connectivity index (χ4n) is 6.51. The Bertz CT molecular complexity index is 876. The molecule has 1 aromatic carbocycles.